The van der Waals surface area contributed by atoms with Crippen LogP contribution in [0.1, 0.15) is 132 Å². The summed E-state index contributed by atoms with van der Waals surface area (Å²) in [6.45, 7) is 33.9. The predicted octanol–water partition coefficient (Wildman–Crippen LogP) is 9.46. The zero-order chi connectivity index (χ0) is 49.7. The van der Waals surface area contributed by atoms with Crippen LogP contribution >= 0.6 is 15.9 Å². The molecule has 6 bridgehead atoms. The Balaban J connectivity index is 1.08. The fourth-order valence-corrected chi connectivity index (χ4v) is 14.3. The highest BCUT2D eigenvalue weighted by atomic mass is 79.9. The molecule has 8 heterocycles. The van der Waals surface area contributed by atoms with Crippen LogP contribution in [0.4, 0.5) is 0 Å². The molecule has 8 aliphatic rings. The molecule has 13 unspecified atom stereocenters. The molecule has 13 nitrogen and oxygen atoms in total. The quantitative estimate of drug-likeness (QED) is 0.0784. The van der Waals surface area contributed by atoms with E-state index in [0.29, 0.717) is 58.0 Å². The molecule has 0 spiro atoms. The number of Topliss-reactive ketones (excluding diaryl/α,β-unsaturated/α-hetero) is 1. The second-order valence-corrected chi connectivity index (χ2v) is 35.4. The van der Waals surface area contributed by atoms with Gasteiger partial charge < -0.3 is 57.0 Å². The zero-order valence-electron chi connectivity index (χ0n) is 43.6. The average molecular weight is 1060 g/mol. The first kappa shape index (κ1) is 55.3. The first-order valence-corrected chi connectivity index (χ1v) is 32.6. The normalized spacial score (nSPS) is 39.2. The monoisotopic (exact) mass is 1060 g/mol. The molecule has 18 atom stereocenters. The van der Waals surface area contributed by atoms with E-state index in [1.165, 1.54) is 0 Å². The van der Waals surface area contributed by atoms with E-state index in [0.717, 1.165) is 29.3 Å². The Kier molecular flexibility index (Phi) is 17.8. The van der Waals surface area contributed by atoms with Crippen molar-refractivity contribution in [3.63, 3.8) is 0 Å². The second-order valence-electron chi connectivity index (χ2n) is 24.7. The summed E-state index contributed by atoms with van der Waals surface area (Å²) in [5.41, 5.74) is 1.05. The molecule has 0 aromatic carbocycles. The van der Waals surface area contributed by atoms with E-state index < -0.39 is 40.7 Å². The smallest absolute Gasteiger partial charge is 0.192 e. The lowest BCUT2D eigenvalue weighted by Gasteiger charge is -2.47. The molecule has 0 aromatic rings. The highest BCUT2D eigenvalue weighted by Gasteiger charge is 2.68. The summed E-state index contributed by atoms with van der Waals surface area (Å²) in [4.78, 5) is 14.6. The number of aliphatic hydroxyl groups is 2. The number of ether oxygens (including phenoxy) is 8. The predicted molar refractivity (Wildman–Crippen MR) is 270 cm³/mol. The highest BCUT2D eigenvalue weighted by molar-refractivity contribution is 9.11. The molecule has 8 aliphatic heterocycles. The average Bonchev–Trinajstić information content (AvgIpc) is 3.80. The summed E-state index contributed by atoms with van der Waals surface area (Å²) in [6.07, 6.45) is 3.03. The van der Waals surface area contributed by atoms with Crippen LogP contribution in [0.3, 0.4) is 0 Å². The Morgan fingerprint density at radius 2 is 1.56 bits per heavy atom. The Labute approximate surface area is 419 Å². The van der Waals surface area contributed by atoms with Crippen molar-refractivity contribution in [2.75, 3.05) is 20.3 Å². The lowest BCUT2D eigenvalue weighted by molar-refractivity contribution is -0.292. The van der Waals surface area contributed by atoms with Gasteiger partial charge in [0.2, 0.25) is 0 Å². The van der Waals surface area contributed by atoms with Gasteiger partial charge in [0.15, 0.2) is 22.4 Å². The summed E-state index contributed by atoms with van der Waals surface area (Å²) < 4.78 is 69.0. The van der Waals surface area contributed by atoms with Gasteiger partial charge in [-0.05, 0) is 90.8 Å². The van der Waals surface area contributed by atoms with Gasteiger partial charge in [-0.25, -0.2) is 0 Å². The molecule has 390 valence electrons. The first-order chi connectivity index (χ1) is 31.7. The third kappa shape index (κ3) is 12.4. The molecule has 8 saturated heterocycles. The van der Waals surface area contributed by atoms with E-state index in [1.807, 2.05) is 0 Å². The van der Waals surface area contributed by atoms with E-state index in [9.17, 15) is 15.0 Å². The summed E-state index contributed by atoms with van der Waals surface area (Å²) in [5.74, 6) is -0.797. The minimum Gasteiger partial charge on any atom is -0.414 e. The van der Waals surface area contributed by atoms with Crippen molar-refractivity contribution >= 4 is 38.3 Å². The van der Waals surface area contributed by atoms with Gasteiger partial charge in [0.1, 0.15) is 36.3 Å². The van der Waals surface area contributed by atoms with Gasteiger partial charge >= 0.3 is 0 Å². The van der Waals surface area contributed by atoms with Crippen molar-refractivity contribution in [1.29, 1.82) is 0 Å². The first-order valence-electron chi connectivity index (χ1n) is 26.0. The van der Waals surface area contributed by atoms with Crippen molar-refractivity contribution in [1.82, 2.24) is 0 Å². The SMILES string of the molecule is C=C(Br)CC(O)CCC12CC3OC4C(O1)[C@H]1OC(CC(=O)CC5[C@H](CC6OC(CCCO)CC(C)C6=C)O[C@H](CC(CO[Si](C)(C)C(C)(C)C)O[Si](C)(C)C(C)(C)C)[C@@H]5OC)CCC1O[C@H]4C3O2. The number of hydrogen-bond acceptors (Lipinski definition) is 13. The van der Waals surface area contributed by atoms with Crippen LogP contribution in [0, 0.1) is 11.8 Å². The summed E-state index contributed by atoms with van der Waals surface area (Å²) in [6, 6.07) is 0. The van der Waals surface area contributed by atoms with Crippen LogP contribution in [-0.2, 0) is 51.5 Å². The Morgan fingerprint density at radius 1 is 0.882 bits per heavy atom. The fraction of sp³-hybridized carbons (Fsp3) is 0.904. The van der Waals surface area contributed by atoms with Gasteiger partial charge in [-0.2, -0.15) is 0 Å². The molecule has 2 N–H and O–H groups in total. The molecule has 0 aliphatic carbocycles. The molecule has 8 rings (SSSR count). The van der Waals surface area contributed by atoms with Crippen LogP contribution in [-0.4, -0.2) is 150 Å². The minimum atomic E-state index is -2.24. The number of aliphatic hydroxyl groups excluding tert-OH is 2. The van der Waals surface area contributed by atoms with Crippen LogP contribution in [0.2, 0.25) is 36.3 Å². The van der Waals surface area contributed by atoms with E-state index in [2.05, 4.69) is 104 Å². The standard InChI is InChI=1S/C52H89BrO13Si2/c1-30-22-35(16-15-21-54)59-40(32(30)3)27-41-38(44(57-10)42(61-41)26-37(66-68(13,14)51(7,8)9)29-58-67(11,12)50(4,5)6)25-34(56)24-36-17-18-39-45(60-36)49-48-47(62-39)46-43(63-48)28-52(64-46,65-49)20-19-33(55)23-31(2)53/h30,33,35-49,54-55H,2-3,15-29H2,1,4-14H3/t30?,33?,35?,36?,37?,38?,39?,40?,41-,42+,43?,44+,45-,46?,47-,48?,49?,52?/m0/s1. The molecular formula is C52H89BrO13Si2. The molecule has 8 fully saturated rings. The van der Waals surface area contributed by atoms with Crippen LogP contribution in [0.5, 0.6) is 0 Å². The van der Waals surface area contributed by atoms with Gasteiger partial charge in [0, 0.05) is 64.6 Å². The lowest BCUT2D eigenvalue weighted by atomic mass is 9.81. The van der Waals surface area contributed by atoms with Gasteiger partial charge in [-0.3, -0.25) is 4.79 Å². The molecule has 0 aromatic heterocycles. The van der Waals surface area contributed by atoms with Crippen molar-refractivity contribution in [2.45, 2.75) is 266 Å². The third-order valence-corrected chi connectivity index (χ3v) is 26.9. The Morgan fingerprint density at radius 3 is 2.22 bits per heavy atom. The molecule has 0 amide bonds. The number of fused-ring (bicyclic) bond motifs is 1. The highest BCUT2D eigenvalue weighted by Crippen LogP contribution is 2.54. The maximum atomic E-state index is 14.6. The van der Waals surface area contributed by atoms with Crippen molar-refractivity contribution in [2.24, 2.45) is 11.8 Å². The topological polar surface area (TPSA) is 150 Å². The van der Waals surface area contributed by atoms with E-state index in [-0.39, 0.29) is 120 Å². The number of halogens is 1. The van der Waals surface area contributed by atoms with E-state index in [1.54, 1.807) is 7.11 Å². The van der Waals surface area contributed by atoms with Crippen LogP contribution < -0.4 is 0 Å². The zero-order valence-corrected chi connectivity index (χ0v) is 47.2. The van der Waals surface area contributed by atoms with Gasteiger partial charge in [0.25, 0.3) is 0 Å². The summed E-state index contributed by atoms with van der Waals surface area (Å²) in [5, 5.41) is 20.4. The summed E-state index contributed by atoms with van der Waals surface area (Å²) >= 11 is 3.38. The Hall–Kier alpha value is -0.416. The van der Waals surface area contributed by atoms with Crippen molar-refractivity contribution in [3.05, 3.63) is 23.2 Å². The number of rotatable bonds is 22. The summed E-state index contributed by atoms with van der Waals surface area (Å²) in [7, 11) is -2.63. The third-order valence-electron chi connectivity index (χ3n) is 17.5. The Bertz CT molecular complexity index is 1750. The molecule has 68 heavy (non-hydrogen) atoms. The van der Waals surface area contributed by atoms with Crippen LogP contribution in [0.15, 0.2) is 23.2 Å². The van der Waals surface area contributed by atoms with E-state index >= 15 is 0 Å². The molecule has 16 heteroatoms. The van der Waals surface area contributed by atoms with Crippen molar-refractivity contribution < 1.29 is 61.8 Å². The maximum Gasteiger partial charge on any atom is 0.192 e. The van der Waals surface area contributed by atoms with Gasteiger partial charge in [-0.1, -0.05) is 77.6 Å². The van der Waals surface area contributed by atoms with Gasteiger partial charge in [0.05, 0.1) is 67.6 Å². The number of carbonyl (C=O) groups is 1. The number of methoxy groups -OCH3 is 1. The minimum absolute atomic E-state index is 0.0113. The second kappa shape index (κ2) is 21.8. The number of carbonyl (C=O) groups excluding carboxylic acids is 1. The largest absolute Gasteiger partial charge is 0.414 e. The molecule has 0 radical (unpaired) electrons. The van der Waals surface area contributed by atoms with Crippen molar-refractivity contribution in [3.8, 4) is 0 Å². The molecular weight excluding hydrogens is 969 g/mol. The lowest BCUT2D eigenvalue weighted by Crippen LogP contribution is -2.61. The number of hydrogen-bond donors (Lipinski definition) is 2. The fourth-order valence-electron chi connectivity index (χ4n) is 11.5. The van der Waals surface area contributed by atoms with E-state index in [4.69, 9.17) is 46.7 Å². The molecule has 0 saturated carbocycles. The maximum absolute atomic E-state index is 14.6. The van der Waals surface area contributed by atoms with Gasteiger partial charge in [-0.15, -0.1) is 0 Å². The number of ketones is 1. The van der Waals surface area contributed by atoms with Crippen LogP contribution in [0.25, 0.3) is 0 Å².